The van der Waals surface area contributed by atoms with Gasteiger partial charge in [-0.1, -0.05) is 261 Å². The fraction of sp³-hybridized carbons (Fsp3) is 0.938. The Hall–Kier alpha value is -1.94. The van der Waals surface area contributed by atoms with Crippen molar-refractivity contribution in [3.63, 3.8) is 0 Å². The second kappa shape index (κ2) is 55.2. The van der Waals surface area contributed by atoms with Gasteiger partial charge in [-0.3, -0.25) is 37.3 Å². The number of esters is 4. The summed E-state index contributed by atoms with van der Waals surface area (Å²) in [5, 5.41) is 10.5. The van der Waals surface area contributed by atoms with Gasteiger partial charge in [0, 0.05) is 25.7 Å². The smallest absolute Gasteiger partial charge is 0.462 e. The number of carbonyl (C=O) groups is 4. The Bertz CT molecular complexity index is 1680. The summed E-state index contributed by atoms with van der Waals surface area (Å²) in [4.78, 5) is 72.2. The van der Waals surface area contributed by atoms with Crippen molar-refractivity contribution in [2.24, 2.45) is 23.7 Å². The van der Waals surface area contributed by atoms with E-state index in [4.69, 9.17) is 37.0 Å². The molecule has 3 N–H and O–H groups in total. The van der Waals surface area contributed by atoms with Crippen molar-refractivity contribution in [1.29, 1.82) is 0 Å². The van der Waals surface area contributed by atoms with Crippen LogP contribution in [-0.4, -0.2) is 96.7 Å². The number of carbonyl (C=O) groups excluding carboxylic acids is 4. The molecule has 17 nitrogen and oxygen atoms in total. The van der Waals surface area contributed by atoms with E-state index in [1.165, 1.54) is 103 Å². The third kappa shape index (κ3) is 57.8. The van der Waals surface area contributed by atoms with Crippen LogP contribution >= 0.6 is 15.6 Å². The van der Waals surface area contributed by atoms with Crippen molar-refractivity contribution in [3.05, 3.63) is 0 Å². The Morgan fingerprint density at radius 1 is 0.333 bits per heavy atom. The molecule has 498 valence electrons. The van der Waals surface area contributed by atoms with E-state index in [1.54, 1.807) is 0 Å². The van der Waals surface area contributed by atoms with Gasteiger partial charge in [0.05, 0.1) is 26.4 Å². The number of hydrogen-bond donors (Lipinski definition) is 3. The Morgan fingerprint density at radius 3 is 0.845 bits per heavy atom. The highest BCUT2D eigenvalue weighted by atomic mass is 31.2. The maximum absolute atomic E-state index is 13.0. The van der Waals surface area contributed by atoms with Crippen LogP contribution in [0.25, 0.3) is 0 Å². The van der Waals surface area contributed by atoms with Crippen LogP contribution in [-0.2, 0) is 65.4 Å². The van der Waals surface area contributed by atoms with E-state index in [0.29, 0.717) is 37.5 Å². The molecule has 0 radical (unpaired) electrons. The van der Waals surface area contributed by atoms with Crippen LogP contribution in [0.2, 0.25) is 0 Å². The van der Waals surface area contributed by atoms with Crippen molar-refractivity contribution < 1.29 is 80.2 Å². The molecule has 0 amide bonds. The van der Waals surface area contributed by atoms with Crippen molar-refractivity contribution in [2.45, 2.75) is 331 Å². The zero-order valence-corrected chi connectivity index (χ0v) is 56.3. The van der Waals surface area contributed by atoms with Crippen LogP contribution in [0.1, 0.15) is 312 Å². The third-order valence-corrected chi connectivity index (χ3v) is 17.1. The lowest BCUT2D eigenvalue weighted by molar-refractivity contribution is -0.161. The van der Waals surface area contributed by atoms with Crippen molar-refractivity contribution in [3.8, 4) is 0 Å². The number of hydrogen-bond acceptors (Lipinski definition) is 15. The molecule has 0 aliphatic carbocycles. The molecule has 84 heavy (non-hydrogen) atoms. The quantitative estimate of drug-likeness (QED) is 0.0222. The fourth-order valence-electron chi connectivity index (χ4n) is 9.57. The molecule has 0 fully saturated rings. The maximum Gasteiger partial charge on any atom is 0.472 e. The lowest BCUT2D eigenvalue weighted by Crippen LogP contribution is -2.30. The number of phosphoric ester groups is 2. The minimum absolute atomic E-state index is 0.102. The van der Waals surface area contributed by atoms with Gasteiger partial charge in [0.1, 0.15) is 19.3 Å². The van der Waals surface area contributed by atoms with E-state index < -0.39 is 97.5 Å². The Kier molecular flexibility index (Phi) is 53.9. The summed E-state index contributed by atoms with van der Waals surface area (Å²) in [6, 6.07) is 0. The average Bonchev–Trinajstić information content (AvgIpc) is 3.53. The molecule has 0 saturated heterocycles. The first-order valence-electron chi connectivity index (χ1n) is 33.7. The number of unbranched alkanes of at least 4 members (excludes halogenated alkanes) is 27. The average molecular weight is 1240 g/mol. The molecule has 0 bridgehead atoms. The number of rotatable bonds is 62. The van der Waals surface area contributed by atoms with E-state index in [9.17, 15) is 43.2 Å². The van der Waals surface area contributed by atoms with Gasteiger partial charge in [0.2, 0.25) is 0 Å². The summed E-state index contributed by atoms with van der Waals surface area (Å²) in [5.41, 5.74) is 0. The molecule has 0 aliphatic rings. The van der Waals surface area contributed by atoms with Crippen molar-refractivity contribution in [2.75, 3.05) is 39.6 Å². The number of aliphatic hydroxyl groups is 1. The molecule has 0 aromatic carbocycles. The molecule has 3 unspecified atom stereocenters. The number of aliphatic hydroxyl groups excluding tert-OH is 1. The fourth-order valence-corrected chi connectivity index (χ4v) is 11.2. The largest absolute Gasteiger partial charge is 0.472 e. The molecule has 0 aromatic rings. The van der Waals surface area contributed by atoms with Gasteiger partial charge in [0.15, 0.2) is 12.2 Å². The Morgan fingerprint density at radius 2 is 0.571 bits per heavy atom. The molecular formula is C65H126O17P2. The minimum atomic E-state index is -4.95. The number of phosphoric acid groups is 2. The van der Waals surface area contributed by atoms with Gasteiger partial charge < -0.3 is 33.8 Å². The predicted molar refractivity (Wildman–Crippen MR) is 335 cm³/mol. The highest BCUT2D eigenvalue weighted by Crippen LogP contribution is 2.45. The van der Waals surface area contributed by atoms with Gasteiger partial charge >= 0.3 is 39.5 Å². The van der Waals surface area contributed by atoms with Gasteiger partial charge in [-0.15, -0.1) is 0 Å². The molecule has 0 rings (SSSR count). The van der Waals surface area contributed by atoms with Gasteiger partial charge in [-0.2, -0.15) is 0 Å². The summed E-state index contributed by atoms with van der Waals surface area (Å²) in [5.74, 6) is 0.757. The van der Waals surface area contributed by atoms with E-state index in [0.717, 1.165) is 115 Å². The molecule has 0 saturated carbocycles. The molecular weight excluding hydrogens is 1110 g/mol. The summed E-state index contributed by atoms with van der Waals surface area (Å²) in [6.07, 6.45) is 35.0. The maximum atomic E-state index is 13.0. The lowest BCUT2D eigenvalue weighted by atomic mass is 10.00. The minimum Gasteiger partial charge on any atom is -0.462 e. The topological polar surface area (TPSA) is 237 Å². The normalized spacial score (nSPS) is 14.7. The van der Waals surface area contributed by atoms with Crippen LogP contribution in [0.5, 0.6) is 0 Å². The molecule has 6 atom stereocenters. The predicted octanol–water partition coefficient (Wildman–Crippen LogP) is 17.8. The third-order valence-electron chi connectivity index (χ3n) is 15.2. The van der Waals surface area contributed by atoms with Crippen LogP contribution in [0.3, 0.4) is 0 Å². The van der Waals surface area contributed by atoms with Crippen molar-refractivity contribution in [1.82, 2.24) is 0 Å². The standard InChI is InChI=1S/C65H126O17P2/c1-9-58(8)44-36-28-23-24-30-38-46-63(68)76-52-61(82-65(70)48-40-32-22-16-19-27-35-43-57(6)7)54-80-84(73,74)78-50-59(66)49-77-83(71,72)79-53-60(51-75-62(67)45-37-29-21-15-18-26-34-42-56(4)5)81-64(69)47-39-31-20-14-12-10-11-13-17-25-33-41-55(2)3/h55-61,66H,9-54H2,1-8H3,(H,71,72)(H,73,74)/t58?,59-,60-,61-/m1/s1. The van der Waals surface area contributed by atoms with Gasteiger partial charge in [-0.05, 0) is 49.4 Å². The van der Waals surface area contributed by atoms with E-state index in [2.05, 4.69) is 55.4 Å². The molecule has 0 heterocycles. The summed E-state index contributed by atoms with van der Waals surface area (Å²) < 4.78 is 68.0. The van der Waals surface area contributed by atoms with Gasteiger partial charge in [0.25, 0.3) is 0 Å². The highest BCUT2D eigenvalue weighted by Gasteiger charge is 2.30. The van der Waals surface area contributed by atoms with Gasteiger partial charge in [-0.25, -0.2) is 9.13 Å². The van der Waals surface area contributed by atoms with E-state index in [1.807, 2.05) is 0 Å². The van der Waals surface area contributed by atoms with Crippen LogP contribution in [0.15, 0.2) is 0 Å². The Balaban J connectivity index is 5.25. The van der Waals surface area contributed by atoms with Crippen molar-refractivity contribution >= 4 is 39.5 Å². The zero-order chi connectivity index (χ0) is 62.5. The first-order chi connectivity index (χ1) is 40.1. The molecule has 0 aromatic heterocycles. The Labute approximate surface area is 511 Å². The lowest BCUT2D eigenvalue weighted by Gasteiger charge is -2.21. The van der Waals surface area contributed by atoms with Crippen LogP contribution in [0, 0.1) is 23.7 Å². The first kappa shape index (κ1) is 82.1. The summed E-state index contributed by atoms with van der Waals surface area (Å²) >= 11 is 0. The molecule has 0 spiro atoms. The summed E-state index contributed by atoms with van der Waals surface area (Å²) in [7, 11) is -9.89. The van der Waals surface area contributed by atoms with E-state index >= 15 is 0 Å². The number of ether oxygens (including phenoxy) is 4. The second-order valence-electron chi connectivity index (χ2n) is 25.2. The SMILES string of the molecule is CCC(C)CCCCCCCCC(=O)OC[C@H](COP(=O)(O)OC[C@H](O)COP(=O)(O)OC[C@@H](COC(=O)CCCCCCCCCC(C)C)OC(=O)CCCCCCCCCCCCCC(C)C)OC(=O)CCCCCCCCCC(C)C. The molecule has 19 heteroatoms. The highest BCUT2D eigenvalue weighted by molar-refractivity contribution is 7.47. The second-order valence-corrected chi connectivity index (χ2v) is 28.1. The van der Waals surface area contributed by atoms with Crippen LogP contribution in [0.4, 0.5) is 0 Å². The van der Waals surface area contributed by atoms with E-state index in [-0.39, 0.29) is 25.7 Å². The first-order valence-corrected chi connectivity index (χ1v) is 36.7. The summed E-state index contributed by atoms with van der Waals surface area (Å²) in [6.45, 7) is 13.9. The monoisotopic (exact) mass is 1240 g/mol. The zero-order valence-electron chi connectivity index (χ0n) is 54.5. The molecule has 0 aliphatic heterocycles. The van der Waals surface area contributed by atoms with Crippen LogP contribution < -0.4 is 0 Å².